The third-order valence-electron chi connectivity index (χ3n) is 4.88. The molecule has 3 heterocycles. The molecule has 0 aromatic carbocycles. The van der Waals surface area contributed by atoms with Crippen molar-refractivity contribution in [2.24, 2.45) is 11.3 Å². The summed E-state index contributed by atoms with van der Waals surface area (Å²) in [6, 6.07) is 2.12. The minimum absolute atomic E-state index is 0.483. The lowest BCUT2D eigenvalue weighted by Gasteiger charge is -2.49. The summed E-state index contributed by atoms with van der Waals surface area (Å²) < 4.78 is 0. The lowest BCUT2D eigenvalue weighted by Crippen LogP contribution is -2.56. The molecule has 3 aliphatic rings. The predicted octanol–water partition coefficient (Wildman–Crippen LogP) is 2.84. The molecule has 2 atom stereocenters. The molecular weight excluding hydrogens is 208 g/mol. The first kappa shape index (κ1) is 13.4. The third kappa shape index (κ3) is 2.53. The smallest absolute Gasteiger partial charge is 0.0277 e. The molecule has 3 rings (SSSR count). The Labute approximate surface area is 107 Å². The zero-order valence-corrected chi connectivity index (χ0v) is 12.5. The molecule has 2 heteroatoms. The van der Waals surface area contributed by atoms with Crippen molar-refractivity contribution in [1.82, 2.24) is 9.80 Å². The van der Waals surface area contributed by atoms with E-state index in [9.17, 15) is 0 Å². The fraction of sp³-hybridized carbons (Fsp3) is 1.00. The highest BCUT2D eigenvalue weighted by Gasteiger charge is 2.46. The van der Waals surface area contributed by atoms with Crippen LogP contribution in [0.15, 0.2) is 0 Å². The molecule has 2 bridgehead atoms. The van der Waals surface area contributed by atoms with E-state index in [0.717, 1.165) is 12.0 Å². The van der Waals surface area contributed by atoms with Crippen molar-refractivity contribution in [2.75, 3.05) is 19.6 Å². The van der Waals surface area contributed by atoms with Crippen molar-refractivity contribution in [2.45, 2.75) is 66.1 Å². The van der Waals surface area contributed by atoms with Gasteiger partial charge in [0.05, 0.1) is 0 Å². The first-order valence-electron chi connectivity index (χ1n) is 7.31. The lowest BCUT2D eigenvalue weighted by molar-refractivity contribution is 0.00297. The van der Waals surface area contributed by atoms with Crippen molar-refractivity contribution >= 4 is 0 Å². The van der Waals surface area contributed by atoms with E-state index in [-0.39, 0.29) is 0 Å². The summed E-state index contributed by atoms with van der Waals surface area (Å²) in [5.41, 5.74) is 0.483. The molecule has 2 nitrogen and oxygen atoms in total. The molecule has 3 saturated heterocycles. The number of rotatable bonds is 2. The van der Waals surface area contributed by atoms with E-state index in [2.05, 4.69) is 51.3 Å². The molecule has 0 aromatic rings. The fourth-order valence-corrected chi connectivity index (χ4v) is 3.91. The van der Waals surface area contributed by atoms with Gasteiger partial charge in [-0.1, -0.05) is 13.8 Å². The molecule has 2 unspecified atom stereocenters. The van der Waals surface area contributed by atoms with E-state index in [4.69, 9.17) is 0 Å². The number of fused-ring (bicyclic) bond motifs is 4. The molecule has 0 amide bonds. The average molecular weight is 238 g/mol. The maximum atomic E-state index is 2.76. The van der Waals surface area contributed by atoms with Gasteiger partial charge in [0.2, 0.25) is 0 Å². The van der Waals surface area contributed by atoms with Crippen molar-refractivity contribution < 1.29 is 0 Å². The molecule has 17 heavy (non-hydrogen) atoms. The van der Waals surface area contributed by atoms with Gasteiger partial charge in [0, 0.05) is 37.8 Å². The van der Waals surface area contributed by atoms with Crippen LogP contribution in [0.3, 0.4) is 0 Å². The minimum atomic E-state index is 0.483. The van der Waals surface area contributed by atoms with Crippen LogP contribution in [-0.4, -0.2) is 47.6 Å². The second kappa shape index (κ2) is 4.55. The largest absolute Gasteiger partial charge is 0.299 e. The Hall–Kier alpha value is -0.0800. The Morgan fingerprint density at radius 3 is 2.12 bits per heavy atom. The van der Waals surface area contributed by atoms with Gasteiger partial charge in [-0.05, 0) is 45.4 Å². The number of hydrogen-bond donors (Lipinski definition) is 0. The van der Waals surface area contributed by atoms with Gasteiger partial charge < -0.3 is 0 Å². The van der Waals surface area contributed by atoms with Gasteiger partial charge in [0.25, 0.3) is 0 Å². The second-order valence-corrected chi connectivity index (χ2v) is 7.41. The second-order valence-electron chi connectivity index (χ2n) is 7.41. The van der Waals surface area contributed by atoms with Crippen LogP contribution in [0.5, 0.6) is 0 Å². The zero-order valence-electron chi connectivity index (χ0n) is 12.5. The van der Waals surface area contributed by atoms with Gasteiger partial charge >= 0.3 is 0 Å². The molecule has 0 radical (unpaired) electrons. The van der Waals surface area contributed by atoms with Gasteiger partial charge in [-0.25, -0.2) is 0 Å². The molecule has 100 valence electrons. The number of piperidine rings is 1. The van der Waals surface area contributed by atoms with Crippen molar-refractivity contribution in [1.29, 1.82) is 0 Å². The molecule has 0 spiro atoms. The topological polar surface area (TPSA) is 6.48 Å². The van der Waals surface area contributed by atoms with Crippen molar-refractivity contribution in [3.63, 3.8) is 0 Å². The van der Waals surface area contributed by atoms with E-state index in [0.29, 0.717) is 17.5 Å². The summed E-state index contributed by atoms with van der Waals surface area (Å²) >= 11 is 0. The average Bonchev–Trinajstić information content (AvgIpc) is 2.43. The van der Waals surface area contributed by atoms with E-state index in [1.807, 2.05) is 0 Å². The van der Waals surface area contributed by atoms with Gasteiger partial charge in [-0.2, -0.15) is 0 Å². The number of hydrogen-bond acceptors (Lipinski definition) is 2. The Kier molecular flexibility index (Phi) is 3.57. The first-order chi connectivity index (χ1) is 7.81. The summed E-state index contributed by atoms with van der Waals surface area (Å²) in [7, 11) is 0. The van der Waals surface area contributed by atoms with E-state index >= 15 is 0 Å². The summed E-state index contributed by atoms with van der Waals surface area (Å²) in [5.74, 6) is 0.869. The molecule has 0 saturated carbocycles. The highest BCUT2D eigenvalue weighted by Crippen LogP contribution is 2.42. The zero-order chi connectivity index (χ0) is 12.8. The van der Waals surface area contributed by atoms with Gasteiger partial charge in [-0.3, -0.25) is 9.80 Å². The summed E-state index contributed by atoms with van der Waals surface area (Å²) in [4.78, 5) is 5.46. The van der Waals surface area contributed by atoms with Crippen LogP contribution in [0.25, 0.3) is 0 Å². The van der Waals surface area contributed by atoms with Crippen LogP contribution in [0, 0.1) is 11.3 Å². The maximum Gasteiger partial charge on any atom is 0.0277 e. The quantitative estimate of drug-likeness (QED) is 0.730. The molecule has 0 aromatic heterocycles. The fourth-order valence-electron chi connectivity index (χ4n) is 3.91. The summed E-state index contributed by atoms with van der Waals surface area (Å²) in [6.07, 6.45) is 1.41. The monoisotopic (exact) mass is 238 g/mol. The van der Waals surface area contributed by atoms with Crippen LogP contribution in [0.1, 0.15) is 48.0 Å². The minimum Gasteiger partial charge on any atom is -0.299 e. The van der Waals surface area contributed by atoms with Gasteiger partial charge in [0.1, 0.15) is 0 Å². The van der Waals surface area contributed by atoms with Crippen LogP contribution >= 0.6 is 0 Å². The van der Waals surface area contributed by atoms with Gasteiger partial charge in [-0.15, -0.1) is 0 Å². The Bertz CT molecular complexity index is 268. The standard InChI is InChI=1S/C15H30N2/c1-11(2)16-8-13-7-15(5,6)14(10-16)17(9-13)12(3)4/h11-14H,7-10H2,1-6H3. The van der Waals surface area contributed by atoms with Crippen molar-refractivity contribution in [3.8, 4) is 0 Å². The third-order valence-corrected chi connectivity index (χ3v) is 4.88. The molecular formula is C15H30N2. The van der Waals surface area contributed by atoms with E-state index < -0.39 is 0 Å². The Morgan fingerprint density at radius 1 is 0.941 bits per heavy atom. The Morgan fingerprint density at radius 2 is 1.59 bits per heavy atom. The molecule has 3 fully saturated rings. The normalized spacial score (nSPS) is 34.6. The van der Waals surface area contributed by atoms with Crippen LogP contribution in [0.2, 0.25) is 0 Å². The van der Waals surface area contributed by atoms with Crippen LogP contribution in [-0.2, 0) is 0 Å². The first-order valence-corrected chi connectivity index (χ1v) is 7.31. The van der Waals surface area contributed by atoms with Crippen LogP contribution in [0.4, 0.5) is 0 Å². The van der Waals surface area contributed by atoms with Crippen molar-refractivity contribution in [3.05, 3.63) is 0 Å². The number of nitrogens with zero attached hydrogens (tertiary/aromatic N) is 2. The van der Waals surface area contributed by atoms with E-state index in [1.165, 1.54) is 26.1 Å². The SMILES string of the molecule is CC(C)N1CC2CN(C(C)C)C(C1)C(C)(C)C2. The lowest BCUT2D eigenvalue weighted by atomic mass is 9.73. The summed E-state index contributed by atoms with van der Waals surface area (Å²) in [6.45, 7) is 18.2. The molecule has 0 N–H and O–H groups in total. The molecule has 3 aliphatic heterocycles. The predicted molar refractivity (Wildman–Crippen MR) is 74.2 cm³/mol. The highest BCUT2D eigenvalue weighted by molar-refractivity contribution is 5.00. The van der Waals surface area contributed by atoms with Gasteiger partial charge in [0.15, 0.2) is 0 Å². The highest BCUT2D eigenvalue weighted by atomic mass is 15.3. The maximum absolute atomic E-state index is 2.76. The van der Waals surface area contributed by atoms with E-state index in [1.54, 1.807) is 0 Å². The summed E-state index contributed by atoms with van der Waals surface area (Å²) in [5, 5.41) is 0. The Balaban J connectivity index is 2.25. The van der Waals surface area contributed by atoms with Crippen LogP contribution < -0.4 is 0 Å². The molecule has 0 aliphatic carbocycles.